The summed E-state index contributed by atoms with van der Waals surface area (Å²) in [5.41, 5.74) is 3.75. The number of aryl methyl sites for hydroxylation is 1. The van der Waals surface area contributed by atoms with Gasteiger partial charge in [0.15, 0.2) is 0 Å². The van der Waals surface area contributed by atoms with E-state index in [1.165, 1.54) is 0 Å². The largest absolute Gasteiger partial charge is 0.350 e. The number of nitrogens with zero attached hydrogens (tertiary/aromatic N) is 5. The number of imidazole rings is 1. The molecule has 1 N–H and O–H groups in total. The first kappa shape index (κ1) is 15.0. The van der Waals surface area contributed by atoms with Gasteiger partial charge in [0.2, 0.25) is 5.95 Å². The molecule has 1 aliphatic heterocycles. The van der Waals surface area contributed by atoms with Gasteiger partial charge in [-0.15, -0.1) is 9.60 Å². The van der Waals surface area contributed by atoms with Crippen LogP contribution in [0.15, 0.2) is 36.8 Å². The topological polar surface area (TPSA) is 58.4 Å². The molecule has 1 fully saturated rings. The summed E-state index contributed by atoms with van der Waals surface area (Å²) in [5.74, 6) is 0.523. The van der Waals surface area contributed by atoms with E-state index in [4.69, 9.17) is 0 Å². The number of fused-ring (bicyclic) bond motifs is 1. The number of piperidine rings is 1. The molecule has 1 unspecified atom stereocenters. The summed E-state index contributed by atoms with van der Waals surface area (Å²) in [4.78, 5) is 13.3. The van der Waals surface area contributed by atoms with E-state index < -0.39 is 0 Å². The first-order valence-electron chi connectivity index (χ1n) is 8.13. The first-order valence-corrected chi connectivity index (χ1v) is 8.13. The smallest absolute Gasteiger partial charge is 0.223 e. The van der Waals surface area contributed by atoms with Crippen LogP contribution in [0.25, 0.3) is 17.0 Å². The average Bonchev–Trinajstić information content (AvgIpc) is 2.98. The maximum atomic E-state index is 13.4. The zero-order valence-corrected chi connectivity index (χ0v) is 13.5. The molecule has 1 aliphatic rings. The lowest BCUT2D eigenvalue weighted by Gasteiger charge is -2.26. The number of hydrogen-bond acceptors (Lipinski definition) is 5. The van der Waals surface area contributed by atoms with Crippen LogP contribution in [0.5, 0.6) is 0 Å². The molecule has 0 radical (unpaired) electrons. The second-order valence-corrected chi connectivity index (χ2v) is 6.19. The molecule has 1 atom stereocenters. The Kier molecular flexibility index (Phi) is 3.86. The predicted molar refractivity (Wildman–Crippen MR) is 90.3 cm³/mol. The van der Waals surface area contributed by atoms with Crippen molar-refractivity contribution in [3.05, 3.63) is 42.4 Å². The molecule has 1 saturated heterocycles. The fourth-order valence-corrected chi connectivity index (χ4v) is 3.07. The highest BCUT2D eigenvalue weighted by Crippen LogP contribution is 2.21. The second kappa shape index (κ2) is 6.16. The Morgan fingerprint density at radius 3 is 3.08 bits per heavy atom. The number of hydrogen-bond donors (Lipinski definition) is 1. The molecule has 0 spiro atoms. The van der Waals surface area contributed by atoms with Crippen molar-refractivity contribution in [1.82, 2.24) is 24.5 Å². The molecule has 4 rings (SSSR count). The molecule has 24 heavy (non-hydrogen) atoms. The molecule has 4 heterocycles. The Morgan fingerprint density at radius 1 is 1.29 bits per heavy atom. The van der Waals surface area contributed by atoms with Crippen molar-refractivity contribution < 1.29 is 4.48 Å². The molecule has 0 bridgehead atoms. The van der Waals surface area contributed by atoms with Crippen LogP contribution in [0.3, 0.4) is 0 Å². The molecular weight excluding hydrogens is 307 g/mol. The summed E-state index contributed by atoms with van der Waals surface area (Å²) in [6.45, 7) is 2.90. The van der Waals surface area contributed by atoms with Gasteiger partial charge in [-0.1, -0.05) is 0 Å². The van der Waals surface area contributed by atoms with Gasteiger partial charge in [0.05, 0.1) is 17.6 Å². The van der Waals surface area contributed by atoms with Gasteiger partial charge >= 0.3 is 0 Å². The van der Waals surface area contributed by atoms with Crippen LogP contribution in [-0.2, 0) is 0 Å². The summed E-state index contributed by atoms with van der Waals surface area (Å²) >= 11 is 0. The summed E-state index contributed by atoms with van der Waals surface area (Å²) in [6.07, 6.45) is 7.27. The van der Waals surface area contributed by atoms with Crippen LogP contribution in [0.1, 0.15) is 18.4 Å². The Hall–Kier alpha value is -2.54. The molecule has 3 aromatic rings. The van der Waals surface area contributed by atoms with Crippen LogP contribution in [0.4, 0.5) is 10.4 Å². The van der Waals surface area contributed by atoms with Crippen molar-refractivity contribution >= 4 is 11.6 Å². The van der Waals surface area contributed by atoms with Crippen molar-refractivity contribution in [3.63, 3.8) is 0 Å². The Bertz CT molecular complexity index is 861. The third-order valence-electron chi connectivity index (χ3n) is 4.29. The van der Waals surface area contributed by atoms with Gasteiger partial charge in [-0.2, -0.15) is 0 Å². The zero-order valence-electron chi connectivity index (χ0n) is 13.5. The maximum absolute atomic E-state index is 13.4. The van der Waals surface area contributed by atoms with Crippen molar-refractivity contribution in [3.8, 4) is 11.4 Å². The first-order chi connectivity index (χ1) is 11.7. The number of nitrogens with one attached hydrogen (secondary N) is 1. The van der Waals surface area contributed by atoms with E-state index in [1.807, 2.05) is 41.9 Å². The van der Waals surface area contributed by atoms with Gasteiger partial charge < -0.3 is 5.32 Å². The number of anilines is 1. The summed E-state index contributed by atoms with van der Waals surface area (Å²) < 4.78 is 15.4. The number of halogens is 1. The maximum Gasteiger partial charge on any atom is 0.223 e. The van der Waals surface area contributed by atoms with E-state index in [9.17, 15) is 4.48 Å². The molecule has 0 aromatic carbocycles. The van der Waals surface area contributed by atoms with E-state index in [-0.39, 0.29) is 6.04 Å². The van der Waals surface area contributed by atoms with Crippen molar-refractivity contribution in [2.24, 2.45) is 0 Å². The van der Waals surface area contributed by atoms with Crippen LogP contribution in [-0.4, -0.2) is 43.6 Å². The van der Waals surface area contributed by atoms with E-state index in [2.05, 4.69) is 20.3 Å². The van der Waals surface area contributed by atoms with Gasteiger partial charge in [0.1, 0.15) is 5.65 Å². The summed E-state index contributed by atoms with van der Waals surface area (Å²) in [5, 5.41) is 4.08. The van der Waals surface area contributed by atoms with Crippen molar-refractivity contribution in [2.45, 2.75) is 25.8 Å². The van der Waals surface area contributed by atoms with Gasteiger partial charge in [-0.05, 0) is 43.5 Å². The van der Waals surface area contributed by atoms with Crippen molar-refractivity contribution in [1.29, 1.82) is 0 Å². The van der Waals surface area contributed by atoms with E-state index in [0.717, 1.165) is 40.6 Å². The van der Waals surface area contributed by atoms with Gasteiger partial charge in [0.25, 0.3) is 0 Å². The third-order valence-corrected chi connectivity index (χ3v) is 4.29. The highest BCUT2D eigenvalue weighted by molar-refractivity contribution is 5.61. The van der Waals surface area contributed by atoms with Gasteiger partial charge in [-0.3, -0.25) is 4.40 Å². The highest BCUT2D eigenvalue weighted by Gasteiger charge is 2.20. The lowest BCUT2D eigenvalue weighted by Crippen LogP contribution is -2.38. The minimum atomic E-state index is 0.0313. The fourth-order valence-electron chi connectivity index (χ4n) is 3.07. The molecule has 0 aliphatic carbocycles. The molecule has 124 valence electrons. The minimum Gasteiger partial charge on any atom is -0.350 e. The molecule has 6 nitrogen and oxygen atoms in total. The van der Waals surface area contributed by atoms with Gasteiger partial charge in [0, 0.05) is 31.5 Å². The SMILES string of the molecule is Cc1ccn2c(-c3ccnc(NC4CCCN(F)C4)n3)cnc2c1. The normalized spacial score (nSPS) is 18.8. The lowest BCUT2D eigenvalue weighted by atomic mass is 10.1. The molecular formula is C17H19FN6. The Morgan fingerprint density at radius 2 is 2.21 bits per heavy atom. The molecule has 7 heteroatoms. The Balaban J connectivity index is 1.62. The third kappa shape index (κ3) is 2.94. The van der Waals surface area contributed by atoms with E-state index in [0.29, 0.717) is 19.0 Å². The monoisotopic (exact) mass is 326 g/mol. The molecule has 0 saturated carbocycles. The summed E-state index contributed by atoms with van der Waals surface area (Å²) in [7, 11) is 0. The van der Waals surface area contributed by atoms with Crippen molar-refractivity contribution in [2.75, 3.05) is 18.4 Å². The highest BCUT2D eigenvalue weighted by atomic mass is 19.2. The average molecular weight is 326 g/mol. The standard InChI is InChI=1S/C17H19FN6/c1-12-5-8-24-15(10-20-16(24)9-12)14-4-6-19-17(22-14)21-13-3-2-7-23(18)11-13/h4-6,8-10,13H,2-3,7,11H2,1H3,(H,19,21,22). The number of pyridine rings is 1. The minimum absolute atomic E-state index is 0.0313. The van der Waals surface area contributed by atoms with Crippen LogP contribution in [0.2, 0.25) is 0 Å². The second-order valence-electron chi connectivity index (χ2n) is 6.19. The predicted octanol–water partition coefficient (Wildman–Crippen LogP) is 2.86. The lowest BCUT2D eigenvalue weighted by molar-refractivity contribution is 0.00170. The fraction of sp³-hybridized carbons (Fsp3) is 0.353. The van der Waals surface area contributed by atoms with E-state index >= 15 is 0 Å². The van der Waals surface area contributed by atoms with Crippen LogP contribution in [0, 0.1) is 6.92 Å². The van der Waals surface area contributed by atoms with Crippen LogP contribution < -0.4 is 5.32 Å². The summed E-state index contributed by atoms with van der Waals surface area (Å²) in [6, 6.07) is 5.96. The van der Waals surface area contributed by atoms with Gasteiger partial charge in [-0.25, -0.2) is 15.0 Å². The van der Waals surface area contributed by atoms with E-state index in [1.54, 1.807) is 6.20 Å². The number of aromatic nitrogens is 4. The molecule has 3 aromatic heterocycles. The van der Waals surface area contributed by atoms with Crippen LogP contribution >= 0.6 is 0 Å². The quantitative estimate of drug-likeness (QED) is 0.750. The molecule has 0 amide bonds. The Labute approximate surface area is 139 Å². The zero-order chi connectivity index (χ0) is 16.5. The number of rotatable bonds is 3.